The monoisotopic (exact) mass is 506 g/mol. The molecule has 0 aromatic heterocycles. The van der Waals surface area contributed by atoms with E-state index in [0.29, 0.717) is 24.2 Å². The number of aliphatic hydroxyl groups excluding tert-OH is 1. The van der Waals surface area contributed by atoms with Crippen LogP contribution < -0.4 is 0 Å². The maximum atomic E-state index is 12.3. The Labute approximate surface area is 216 Å². The molecule has 0 aromatic rings. The second-order valence-corrected chi connectivity index (χ2v) is 12.8. The number of aliphatic hydroxyl groups is 1. The molecule has 0 spiro atoms. The minimum Gasteiger partial charge on any atom is -0.469 e. The van der Waals surface area contributed by atoms with E-state index < -0.39 is 6.10 Å². The SMILES string of the molecule is COC(=O)CCC(C)C1CCC2CC3C([C@H](O)C21C)C1(C)CC[C@@H](OC(C)=O)CC1C[C@H]3OC(C)=O. The first-order chi connectivity index (χ1) is 16.9. The highest BCUT2D eigenvalue weighted by molar-refractivity contribution is 5.69. The van der Waals surface area contributed by atoms with Crippen molar-refractivity contribution in [1.29, 1.82) is 0 Å². The lowest BCUT2D eigenvalue weighted by molar-refractivity contribution is -0.230. The van der Waals surface area contributed by atoms with Gasteiger partial charge in [-0.2, -0.15) is 0 Å². The summed E-state index contributed by atoms with van der Waals surface area (Å²) in [6.45, 7) is 9.75. The topological polar surface area (TPSA) is 99.1 Å². The average molecular weight is 507 g/mol. The van der Waals surface area contributed by atoms with Gasteiger partial charge in [-0.3, -0.25) is 14.4 Å². The Morgan fingerprint density at radius 2 is 1.67 bits per heavy atom. The van der Waals surface area contributed by atoms with E-state index in [-0.39, 0.29) is 58.7 Å². The molecule has 4 saturated carbocycles. The van der Waals surface area contributed by atoms with Crippen LogP contribution in [0.2, 0.25) is 0 Å². The summed E-state index contributed by atoms with van der Waals surface area (Å²) in [4.78, 5) is 35.6. The van der Waals surface area contributed by atoms with Crippen LogP contribution in [-0.2, 0) is 28.6 Å². The fraction of sp³-hybridized carbons (Fsp3) is 0.897. The van der Waals surface area contributed by atoms with Crippen LogP contribution >= 0.6 is 0 Å². The van der Waals surface area contributed by atoms with Crippen molar-refractivity contribution in [3.8, 4) is 0 Å². The van der Waals surface area contributed by atoms with Crippen molar-refractivity contribution in [2.75, 3.05) is 7.11 Å². The molecule has 0 aliphatic heterocycles. The zero-order valence-electron chi connectivity index (χ0n) is 23.0. The molecule has 11 atom stereocenters. The highest BCUT2D eigenvalue weighted by Gasteiger charge is 2.66. The van der Waals surface area contributed by atoms with Crippen molar-refractivity contribution >= 4 is 17.9 Å². The molecule has 4 fully saturated rings. The Hall–Kier alpha value is -1.63. The molecule has 0 heterocycles. The summed E-state index contributed by atoms with van der Waals surface area (Å²) in [5.41, 5.74) is -0.344. The van der Waals surface area contributed by atoms with Crippen LogP contribution in [0.5, 0.6) is 0 Å². The van der Waals surface area contributed by atoms with Crippen LogP contribution in [-0.4, -0.2) is 48.4 Å². The lowest BCUT2D eigenvalue weighted by atomic mass is 9.43. The minimum absolute atomic E-state index is 0.0218. The van der Waals surface area contributed by atoms with Crippen LogP contribution in [0.3, 0.4) is 0 Å². The maximum absolute atomic E-state index is 12.3. The third-order valence-electron chi connectivity index (χ3n) is 11.1. The van der Waals surface area contributed by atoms with Gasteiger partial charge in [0.1, 0.15) is 12.2 Å². The molecule has 0 saturated heterocycles. The van der Waals surface area contributed by atoms with Crippen molar-refractivity contribution in [3.63, 3.8) is 0 Å². The molecule has 0 radical (unpaired) electrons. The van der Waals surface area contributed by atoms with Crippen molar-refractivity contribution < 1.29 is 33.7 Å². The standard InChI is InChI=1S/C29H46O7/c1-16(7-10-25(32)34-6)23-9-8-19-14-22-24(36-18(3)31)15-20-13-21(35-17(2)30)11-12-28(20,4)26(22)27(33)29(19,23)5/h16,19-24,26-27,33H,7-15H2,1-6H3/t16?,19?,20?,21-,22?,23?,24-,26?,27+,28?,29?/m1/s1. The lowest BCUT2D eigenvalue weighted by Crippen LogP contribution is -2.64. The molecule has 7 nitrogen and oxygen atoms in total. The van der Waals surface area contributed by atoms with Crippen LogP contribution in [0, 0.1) is 46.3 Å². The molecular weight excluding hydrogens is 460 g/mol. The summed E-state index contributed by atoms with van der Waals surface area (Å²) in [6, 6.07) is 0. The highest BCUT2D eigenvalue weighted by Crippen LogP contribution is 2.68. The van der Waals surface area contributed by atoms with E-state index in [1.54, 1.807) is 0 Å². The number of carbonyl (C=O) groups is 3. The van der Waals surface area contributed by atoms with E-state index in [1.165, 1.54) is 21.0 Å². The number of rotatable bonds is 6. The van der Waals surface area contributed by atoms with E-state index in [0.717, 1.165) is 51.4 Å². The molecule has 0 amide bonds. The predicted molar refractivity (Wildman–Crippen MR) is 134 cm³/mol. The zero-order chi connectivity index (χ0) is 26.4. The quantitative estimate of drug-likeness (QED) is 0.412. The van der Waals surface area contributed by atoms with E-state index >= 15 is 0 Å². The molecule has 7 heteroatoms. The van der Waals surface area contributed by atoms with Crippen molar-refractivity contribution in [1.82, 2.24) is 0 Å². The van der Waals surface area contributed by atoms with E-state index in [4.69, 9.17) is 14.2 Å². The second kappa shape index (κ2) is 10.3. The largest absolute Gasteiger partial charge is 0.469 e. The summed E-state index contributed by atoms with van der Waals surface area (Å²) in [5, 5.41) is 12.3. The Morgan fingerprint density at radius 1 is 0.972 bits per heavy atom. The van der Waals surface area contributed by atoms with Gasteiger partial charge in [-0.15, -0.1) is 0 Å². The van der Waals surface area contributed by atoms with E-state index in [1.807, 2.05) is 0 Å². The highest BCUT2D eigenvalue weighted by atomic mass is 16.5. The number of methoxy groups -OCH3 is 1. The van der Waals surface area contributed by atoms with Crippen LogP contribution in [0.15, 0.2) is 0 Å². The fourth-order valence-corrected chi connectivity index (χ4v) is 9.34. The molecule has 4 rings (SSSR count). The normalized spacial score (nSPS) is 44.4. The minimum atomic E-state index is -0.509. The molecule has 0 aromatic carbocycles. The summed E-state index contributed by atoms with van der Waals surface area (Å²) in [6.07, 6.45) is 6.63. The zero-order valence-corrected chi connectivity index (χ0v) is 23.0. The summed E-state index contributed by atoms with van der Waals surface area (Å²) >= 11 is 0. The maximum Gasteiger partial charge on any atom is 0.305 e. The molecule has 204 valence electrons. The first kappa shape index (κ1) is 27.4. The summed E-state index contributed by atoms with van der Waals surface area (Å²) in [7, 11) is 1.43. The van der Waals surface area contributed by atoms with Gasteiger partial charge < -0.3 is 19.3 Å². The van der Waals surface area contributed by atoms with Gasteiger partial charge >= 0.3 is 17.9 Å². The molecular formula is C29H46O7. The Bertz CT molecular complexity index is 857. The summed E-state index contributed by atoms with van der Waals surface area (Å²) < 4.78 is 16.4. The Kier molecular flexibility index (Phi) is 7.81. The number of hydrogen-bond acceptors (Lipinski definition) is 7. The van der Waals surface area contributed by atoms with Gasteiger partial charge in [0.25, 0.3) is 0 Å². The van der Waals surface area contributed by atoms with Crippen LogP contribution in [0.4, 0.5) is 0 Å². The van der Waals surface area contributed by atoms with Gasteiger partial charge in [-0.1, -0.05) is 20.8 Å². The van der Waals surface area contributed by atoms with Crippen molar-refractivity contribution in [2.24, 2.45) is 46.3 Å². The van der Waals surface area contributed by atoms with Gasteiger partial charge in [-0.05, 0) is 91.8 Å². The Morgan fingerprint density at radius 3 is 2.31 bits per heavy atom. The van der Waals surface area contributed by atoms with Gasteiger partial charge in [0.05, 0.1) is 13.2 Å². The van der Waals surface area contributed by atoms with Gasteiger partial charge in [0.15, 0.2) is 0 Å². The number of carbonyl (C=O) groups excluding carboxylic acids is 3. The fourth-order valence-electron chi connectivity index (χ4n) is 9.34. The van der Waals surface area contributed by atoms with E-state index in [2.05, 4.69) is 20.8 Å². The molecule has 4 aliphatic rings. The van der Waals surface area contributed by atoms with Crippen molar-refractivity contribution in [2.45, 2.75) is 111 Å². The number of esters is 3. The third kappa shape index (κ3) is 4.69. The van der Waals surface area contributed by atoms with Gasteiger partial charge in [-0.25, -0.2) is 0 Å². The van der Waals surface area contributed by atoms with Crippen molar-refractivity contribution in [3.05, 3.63) is 0 Å². The van der Waals surface area contributed by atoms with Crippen LogP contribution in [0.1, 0.15) is 92.4 Å². The Balaban J connectivity index is 1.63. The third-order valence-corrected chi connectivity index (χ3v) is 11.1. The summed E-state index contributed by atoms with van der Waals surface area (Å²) in [5.74, 6) is 0.684. The first-order valence-electron chi connectivity index (χ1n) is 14.0. The lowest BCUT2D eigenvalue weighted by Gasteiger charge is -2.64. The number of ether oxygens (including phenoxy) is 3. The molecule has 4 aliphatic carbocycles. The molecule has 36 heavy (non-hydrogen) atoms. The first-order valence-corrected chi connectivity index (χ1v) is 14.0. The smallest absolute Gasteiger partial charge is 0.305 e. The van der Waals surface area contributed by atoms with Gasteiger partial charge in [0, 0.05) is 26.2 Å². The van der Waals surface area contributed by atoms with Crippen LogP contribution in [0.25, 0.3) is 0 Å². The average Bonchev–Trinajstić information content (AvgIpc) is 3.15. The molecule has 0 bridgehead atoms. The molecule has 8 unspecified atom stereocenters. The number of hydrogen-bond donors (Lipinski definition) is 1. The second-order valence-electron chi connectivity index (χ2n) is 12.8. The predicted octanol–water partition coefficient (Wildman–Crippen LogP) is 4.68. The molecule has 1 N–H and O–H groups in total. The van der Waals surface area contributed by atoms with Gasteiger partial charge in [0.2, 0.25) is 0 Å². The number of fused-ring (bicyclic) bond motifs is 4. The van der Waals surface area contributed by atoms with E-state index in [9.17, 15) is 19.5 Å².